The lowest BCUT2D eigenvalue weighted by molar-refractivity contribution is -0.124. The number of hydrogen-bond acceptors (Lipinski definition) is 6. The molecule has 0 aliphatic rings. The molecule has 9 heteroatoms. The van der Waals surface area contributed by atoms with Crippen LogP contribution in [0, 0.1) is 6.92 Å². The lowest BCUT2D eigenvalue weighted by atomic mass is 10.3. The van der Waals surface area contributed by atoms with Crippen LogP contribution >= 0.6 is 22.9 Å². The molecule has 0 bridgehead atoms. The topological polar surface area (TPSA) is 86.1 Å². The number of halogens is 1. The van der Waals surface area contributed by atoms with Crippen LogP contribution in [0.2, 0.25) is 5.02 Å². The molecule has 0 fully saturated rings. The number of hydrogen-bond donors (Lipinski definition) is 1. The summed E-state index contributed by atoms with van der Waals surface area (Å²) in [6.07, 6.45) is 0. The first-order chi connectivity index (χ1) is 12.9. The summed E-state index contributed by atoms with van der Waals surface area (Å²) in [5.74, 6) is -1.09. The van der Waals surface area contributed by atoms with Crippen molar-refractivity contribution < 1.29 is 14.3 Å². The van der Waals surface area contributed by atoms with Gasteiger partial charge in [-0.05, 0) is 43.5 Å². The van der Waals surface area contributed by atoms with Gasteiger partial charge >= 0.3 is 5.97 Å². The van der Waals surface area contributed by atoms with E-state index in [9.17, 15) is 9.59 Å². The standard InChI is InChI=1S/C18H17ClN4O3S/c1-11(15-7-4-8-27-15)20-16(24)10-26-18(25)17-12(2)21-23(22-17)14-6-3-5-13(19)9-14/h3-9,11H,10H2,1-2H3,(H,20,24)/t11-/m0/s1. The molecule has 3 rings (SSSR count). The van der Waals surface area contributed by atoms with Crippen LogP contribution in [0.1, 0.15) is 34.0 Å². The number of thiophene rings is 1. The van der Waals surface area contributed by atoms with Crippen molar-refractivity contribution in [3.8, 4) is 5.69 Å². The van der Waals surface area contributed by atoms with E-state index >= 15 is 0 Å². The van der Waals surface area contributed by atoms with Gasteiger partial charge < -0.3 is 10.1 Å². The zero-order valence-electron chi connectivity index (χ0n) is 14.7. The maximum absolute atomic E-state index is 12.3. The molecule has 27 heavy (non-hydrogen) atoms. The second-order valence-corrected chi connectivity index (χ2v) is 7.20. The smallest absolute Gasteiger partial charge is 0.361 e. The molecule has 0 spiro atoms. The molecule has 0 aliphatic heterocycles. The Balaban J connectivity index is 1.60. The number of amides is 1. The molecule has 1 aromatic carbocycles. The fraction of sp³-hybridized carbons (Fsp3) is 0.222. The Labute approximate surface area is 164 Å². The van der Waals surface area contributed by atoms with Crippen LogP contribution in [-0.4, -0.2) is 33.5 Å². The number of benzene rings is 1. The van der Waals surface area contributed by atoms with Crippen LogP contribution in [0.15, 0.2) is 41.8 Å². The Hall–Kier alpha value is -2.71. The SMILES string of the molecule is Cc1nn(-c2cccc(Cl)c2)nc1C(=O)OCC(=O)N[C@@H](C)c1cccs1. The maximum atomic E-state index is 12.3. The predicted octanol–water partition coefficient (Wildman–Crippen LogP) is 3.32. The summed E-state index contributed by atoms with van der Waals surface area (Å²) in [6.45, 7) is 3.12. The van der Waals surface area contributed by atoms with Gasteiger partial charge in [0.2, 0.25) is 0 Å². The average Bonchev–Trinajstić information content (AvgIpc) is 3.29. The summed E-state index contributed by atoms with van der Waals surface area (Å²) in [6, 6.07) is 10.6. The number of aryl methyl sites for hydroxylation is 1. The molecule has 1 atom stereocenters. The minimum Gasteiger partial charge on any atom is -0.451 e. The zero-order chi connectivity index (χ0) is 19.4. The van der Waals surface area contributed by atoms with Crippen LogP contribution in [0.5, 0.6) is 0 Å². The second-order valence-electron chi connectivity index (χ2n) is 5.78. The number of ether oxygens (including phenoxy) is 1. The van der Waals surface area contributed by atoms with E-state index in [-0.39, 0.29) is 17.6 Å². The van der Waals surface area contributed by atoms with Gasteiger partial charge in [0.25, 0.3) is 5.91 Å². The van der Waals surface area contributed by atoms with E-state index in [4.69, 9.17) is 16.3 Å². The van der Waals surface area contributed by atoms with E-state index in [0.29, 0.717) is 16.4 Å². The number of rotatable bonds is 6. The second kappa shape index (κ2) is 8.32. The summed E-state index contributed by atoms with van der Waals surface area (Å²) in [5, 5.41) is 13.6. The first-order valence-corrected chi connectivity index (χ1v) is 9.39. The third-order valence-corrected chi connectivity index (χ3v) is 4.99. The zero-order valence-corrected chi connectivity index (χ0v) is 16.3. The minimum atomic E-state index is -0.709. The van der Waals surface area contributed by atoms with Crippen molar-refractivity contribution in [1.82, 2.24) is 20.3 Å². The minimum absolute atomic E-state index is 0.0501. The molecular formula is C18H17ClN4O3S. The molecule has 7 nitrogen and oxygen atoms in total. The Bertz CT molecular complexity index is 955. The van der Waals surface area contributed by atoms with E-state index < -0.39 is 12.6 Å². The molecule has 1 amide bonds. The van der Waals surface area contributed by atoms with Crippen LogP contribution in [0.4, 0.5) is 0 Å². The van der Waals surface area contributed by atoms with Gasteiger partial charge in [0.15, 0.2) is 12.3 Å². The maximum Gasteiger partial charge on any atom is 0.361 e. The number of nitrogens with one attached hydrogen (secondary N) is 1. The summed E-state index contributed by atoms with van der Waals surface area (Å²) < 4.78 is 5.07. The van der Waals surface area contributed by atoms with Crippen LogP contribution < -0.4 is 5.32 Å². The molecule has 3 aromatic rings. The lowest BCUT2D eigenvalue weighted by Crippen LogP contribution is -2.30. The molecular weight excluding hydrogens is 388 g/mol. The average molecular weight is 405 g/mol. The van der Waals surface area contributed by atoms with E-state index in [2.05, 4.69) is 15.5 Å². The molecule has 0 unspecified atom stereocenters. The predicted molar refractivity (Wildman–Crippen MR) is 102 cm³/mol. The Kier molecular flexibility index (Phi) is 5.88. The highest BCUT2D eigenvalue weighted by Gasteiger charge is 2.20. The van der Waals surface area contributed by atoms with E-state index in [1.165, 1.54) is 4.80 Å². The summed E-state index contributed by atoms with van der Waals surface area (Å²) >= 11 is 7.51. The largest absolute Gasteiger partial charge is 0.451 e. The van der Waals surface area contributed by atoms with Gasteiger partial charge in [-0.25, -0.2) is 4.79 Å². The summed E-state index contributed by atoms with van der Waals surface area (Å²) in [7, 11) is 0. The van der Waals surface area contributed by atoms with E-state index in [0.717, 1.165) is 4.88 Å². The van der Waals surface area contributed by atoms with Crippen molar-refractivity contribution in [2.24, 2.45) is 0 Å². The Morgan fingerprint density at radius 2 is 2.11 bits per heavy atom. The molecule has 2 heterocycles. The van der Waals surface area contributed by atoms with Crippen molar-refractivity contribution in [3.63, 3.8) is 0 Å². The monoisotopic (exact) mass is 404 g/mol. The fourth-order valence-corrected chi connectivity index (χ4v) is 3.29. The Morgan fingerprint density at radius 3 is 2.81 bits per heavy atom. The van der Waals surface area contributed by atoms with Crippen LogP contribution in [0.25, 0.3) is 5.69 Å². The van der Waals surface area contributed by atoms with Gasteiger partial charge in [-0.2, -0.15) is 9.90 Å². The molecule has 1 N–H and O–H groups in total. The number of aromatic nitrogens is 3. The van der Waals surface area contributed by atoms with Crippen molar-refractivity contribution in [1.29, 1.82) is 0 Å². The van der Waals surface area contributed by atoms with Gasteiger partial charge in [-0.15, -0.1) is 16.4 Å². The van der Waals surface area contributed by atoms with Gasteiger partial charge in [0.1, 0.15) is 0 Å². The third-order valence-electron chi connectivity index (χ3n) is 3.70. The van der Waals surface area contributed by atoms with Gasteiger partial charge in [-0.1, -0.05) is 23.7 Å². The molecule has 2 aromatic heterocycles. The van der Waals surface area contributed by atoms with E-state index in [1.54, 1.807) is 42.5 Å². The lowest BCUT2D eigenvalue weighted by Gasteiger charge is -2.12. The molecule has 0 aliphatic carbocycles. The van der Waals surface area contributed by atoms with Crippen LogP contribution in [0.3, 0.4) is 0 Å². The van der Waals surface area contributed by atoms with Gasteiger partial charge in [0.05, 0.1) is 17.4 Å². The first kappa shape index (κ1) is 19.1. The number of carbonyl (C=O) groups is 2. The highest BCUT2D eigenvalue weighted by Crippen LogP contribution is 2.18. The molecule has 0 saturated carbocycles. The Morgan fingerprint density at radius 1 is 1.30 bits per heavy atom. The normalized spacial score (nSPS) is 11.8. The number of nitrogens with zero attached hydrogens (tertiary/aromatic N) is 3. The summed E-state index contributed by atoms with van der Waals surface area (Å²) in [4.78, 5) is 26.6. The number of esters is 1. The van der Waals surface area contributed by atoms with Gasteiger partial charge in [0, 0.05) is 9.90 Å². The van der Waals surface area contributed by atoms with Crippen molar-refractivity contribution in [2.45, 2.75) is 19.9 Å². The van der Waals surface area contributed by atoms with Crippen molar-refractivity contribution >= 4 is 34.8 Å². The number of carbonyl (C=O) groups excluding carboxylic acids is 2. The highest BCUT2D eigenvalue weighted by atomic mass is 35.5. The van der Waals surface area contributed by atoms with Crippen molar-refractivity contribution in [3.05, 3.63) is 63.1 Å². The highest BCUT2D eigenvalue weighted by molar-refractivity contribution is 7.10. The van der Waals surface area contributed by atoms with Crippen molar-refractivity contribution in [2.75, 3.05) is 6.61 Å². The fourth-order valence-electron chi connectivity index (χ4n) is 2.37. The summed E-state index contributed by atoms with van der Waals surface area (Å²) in [5.41, 5.74) is 1.06. The van der Waals surface area contributed by atoms with Crippen LogP contribution in [-0.2, 0) is 9.53 Å². The third kappa shape index (κ3) is 4.72. The molecule has 140 valence electrons. The quantitative estimate of drug-likeness (QED) is 0.637. The molecule has 0 radical (unpaired) electrons. The first-order valence-electron chi connectivity index (χ1n) is 8.14. The molecule has 0 saturated heterocycles. The van der Waals surface area contributed by atoms with Gasteiger partial charge in [-0.3, -0.25) is 4.79 Å². The van der Waals surface area contributed by atoms with E-state index in [1.807, 2.05) is 24.4 Å².